The molecule has 5 heteroatoms. The van der Waals surface area contributed by atoms with Crippen molar-refractivity contribution in [3.63, 3.8) is 0 Å². The van der Waals surface area contributed by atoms with Crippen molar-refractivity contribution in [3.05, 3.63) is 29.8 Å². The fraction of sp³-hybridized carbons (Fsp3) is 0.682. The zero-order valence-corrected chi connectivity index (χ0v) is 17.2. The van der Waals surface area contributed by atoms with Gasteiger partial charge in [0.15, 0.2) is 5.96 Å². The van der Waals surface area contributed by atoms with Gasteiger partial charge in [-0.25, -0.2) is 0 Å². The Hall–Kier alpha value is -1.75. The van der Waals surface area contributed by atoms with Gasteiger partial charge in [0, 0.05) is 38.8 Å². The standard InChI is InChI=1S/C22H36N4O/c1-17(18-8-10-21(27-3)11-9-18)12-14-24-22(23-2)25-19-13-15-26(16-19)20-6-4-5-7-20/h8-11,17,19-20H,4-7,12-16H2,1-3H3,(H2,23,24,25). The summed E-state index contributed by atoms with van der Waals surface area (Å²) in [6, 6.07) is 9.75. The van der Waals surface area contributed by atoms with E-state index in [0.717, 1.165) is 37.3 Å². The molecule has 150 valence electrons. The minimum absolute atomic E-state index is 0.505. The summed E-state index contributed by atoms with van der Waals surface area (Å²) in [6.07, 6.45) is 7.90. The second kappa shape index (κ2) is 9.98. The molecule has 1 aliphatic carbocycles. The maximum atomic E-state index is 5.24. The van der Waals surface area contributed by atoms with Crippen LogP contribution in [0.3, 0.4) is 0 Å². The molecule has 0 bridgehead atoms. The van der Waals surface area contributed by atoms with E-state index in [-0.39, 0.29) is 0 Å². The number of nitrogens with zero attached hydrogens (tertiary/aromatic N) is 2. The van der Waals surface area contributed by atoms with Crippen LogP contribution in [-0.4, -0.2) is 56.7 Å². The third kappa shape index (κ3) is 5.61. The van der Waals surface area contributed by atoms with E-state index in [1.807, 2.05) is 19.2 Å². The van der Waals surface area contributed by atoms with E-state index in [2.05, 4.69) is 39.6 Å². The van der Waals surface area contributed by atoms with E-state index >= 15 is 0 Å². The van der Waals surface area contributed by atoms with Crippen molar-refractivity contribution in [1.29, 1.82) is 0 Å². The molecule has 2 aliphatic rings. The summed E-state index contributed by atoms with van der Waals surface area (Å²) in [5.74, 6) is 2.36. The summed E-state index contributed by atoms with van der Waals surface area (Å²) < 4.78 is 5.24. The molecule has 0 radical (unpaired) electrons. The van der Waals surface area contributed by atoms with Gasteiger partial charge >= 0.3 is 0 Å². The number of hydrogen-bond donors (Lipinski definition) is 2. The van der Waals surface area contributed by atoms with Crippen molar-refractivity contribution in [2.45, 2.75) is 63.5 Å². The molecule has 1 aliphatic heterocycles. The number of guanidine groups is 1. The smallest absolute Gasteiger partial charge is 0.191 e. The first kappa shape index (κ1) is 20.0. The van der Waals surface area contributed by atoms with Gasteiger partial charge in [0.25, 0.3) is 0 Å². The van der Waals surface area contributed by atoms with Crippen LogP contribution in [0, 0.1) is 0 Å². The van der Waals surface area contributed by atoms with Crippen LogP contribution in [0.4, 0.5) is 0 Å². The lowest BCUT2D eigenvalue weighted by atomic mass is 9.98. The van der Waals surface area contributed by atoms with Crippen LogP contribution in [-0.2, 0) is 0 Å². The van der Waals surface area contributed by atoms with Crippen LogP contribution in [0.25, 0.3) is 0 Å². The maximum absolute atomic E-state index is 5.24. The summed E-state index contributed by atoms with van der Waals surface area (Å²) in [7, 11) is 3.57. The van der Waals surface area contributed by atoms with Crippen LogP contribution >= 0.6 is 0 Å². The lowest BCUT2D eigenvalue weighted by molar-refractivity contribution is 0.242. The third-order valence-corrected chi connectivity index (χ3v) is 6.18. The number of benzene rings is 1. The highest BCUT2D eigenvalue weighted by molar-refractivity contribution is 5.80. The highest BCUT2D eigenvalue weighted by Gasteiger charge is 2.30. The first-order valence-corrected chi connectivity index (χ1v) is 10.5. The Kier molecular flexibility index (Phi) is 7.39. The molecule has 0 spiro atoms. The molecular formula is C22H36N4O. The highest BCUT2D eigenvalue weighted by atomic mass is 16.5. The largest absolute Gasteiger partial charge is 0.497 e. The predicted molar refractivity (Wildman–Crippen MR) is 113 cm³/mol. The van der Waals surface area contributed by atoms with Crippen molar-refractivity contribution >= 4 is 5.96 Å². The molecule has 2 atom stereocenters. The van der Waals surface area contributed by atoms with Crippen LogP contribution < -0.4 is 15.4 Å². The number of likely N-dealkylation sites (tertiary alicyclic amines) is 1. The van der Waals surface area contributed by atoms with Gasteiger partial charge in [-0.05, 0) is 49.3 Å². The summed E-state index contributed by atoms with van der Waals surface area (Å²) >= 11 is 0. The Labute approximate surface area is 164 Å². The predicted octanol–water partition coefficient (Wildman–Crippen LogP) is 3.37. The van der Waals surface area contributed by atoms with Crippen molar-refractivity contribution in [1.82, 2.24) is 15.5 Å². The molecule has 5 nitrogen and oxygen atoms in total. The molecule has 0 amide bonds. The summed E-state index contributed by atoms with van der Waals surface area (Å²) in [6.45, 7) is 5.59. The highest BCUT2D eigenvalue weighted by Crippen LogP contribution is 2.26. The topological polar surface area (TPSA) is 48.9 Å². The number of rotatable bonds is 7. The van der Waals surface area contributed by atoms with E-state index in [1.54, 1.807) is 7.11 Å². The van der Waals surface area contributed by atoms with E-state index in [4.69, 9.17) is 4.74 Å². The molecular weight excluding hydrogens is 336 g/mol. The molecule has 1 aromatic carbocycles. The van der Waals surface area contributed by atoms with E-state index in [0.29, 0.717) is 12.0 Å². The number of aliphatic imine (C=N–C) groups is 1. The Morgan fingerprint density at radius 2 is 1.96 bits per heavy atom. The second-order valence-electron chi connectivity index (χ2n) is 8.03. The van der Waals surface area contributed by atoms with Gasteiger partial charge in [0.1, 0.15) is 5.75 Å². The molecule has 3 rings (SSSR count). The average molecular weight is 373 g/mol. The van der Waals surface area contributed by atoms with Crippen molar-refractivity contribution in [2.24, 2.45) is 4.99 Å². The molecule has 2 fully saturated rings. The lowest BCUT2D eigenvalue weighted by Gasteiger charge is -2.24. The Morgan fingerprint density at radius 1 is 1.22 bits per heavy atom. The molecule has 1 saturated heterocycles. The number of ether oxygens (including phenoxy) is 1. The molecule has 2 unspecified atom stereocenters. The third-order valence-electron chi connectivity index (χ3n) is 6.18. The van der Waals surface area contributed by atoms with Crippen LogP contribution in [0.1, 0.15) is 56.9 Å². The average Bonchev–Trinajstić information content (AvgIpc) is 3.39. The van der Waals surface area contributed by atoms with E-state index < -0.39 is 0 Å². The molecule has 0 aromatic heterocycles. The van der Waals surface area contributed by atoms with Gasteiger partial charge in [-0.15, -0.1) is 0 Å². The van der Waals surface area contributed by atoms with E-state index in [9.17, 15) is 0 Å². The minimum Gasteiger partial charge on any atom is -0.497 e. The van der Waals surface area contributed by atoms with Crippen LogP contribution in [0.5, 0.6) is 5.75 Å². The number of methoxy groups -OCH3 is 1. The first-order chi connectivity index (χ1) is 13.2. The zero-order chi connectivity index (χ0) is 19.1. The Morgan fingerprint density at radius 3 is 2.63 bits per heavy atom. The van der Waals surface area contributed by atoms with Crippen LogP contribution in [0.15, 0.2) is 29.3 Å². The molecule has 1 heterocycles. The summed E-state index contributed by atoms with van der Waals surface area (Å²) in [4.78, 5) is 7.11. The van der Waals surface area contributed by atoms with Crippen LogP contribution in [0.2, 0.25) is 0 Å². The molecule has 27 heavy (non-hydrogen) atoms. The molecule has 2 N–H and O–H groups in total. The van der Waals surface area contributed by atoms with Gasteiger partial charge < -0.3 is 15.4 Å². The van der Waals surface area contributed by atoms with Crippen molar-refractivity contribution in [2.75, 3.05) is 33.8 Å². The fourth-order valence-corrected chi connectivity index (χ4v) is 4.40. The van der Waals surface area contributed by atoms with Gasteiger partial charge in [-0.2, -0.15) is 0 Å². The zero-order valence-electron chi connectivity index (χ0n) is 17.2. The lowest BCUT2D eigenvalue weighted by Crippen LogP contribution is -2.45. The molecule has 1 saturated carbocycles. The number of nitrogens with one attached hydrogen (secondary N) is 2. The van der Waals surface area contributed by atoms with Gasteiger partial charge in [-0.3, -0.25) is 9.89 Å². The molecule has 1 aromatic rings. The van der Waals surface area contributed by atoms with Gasteiger partial charge in [0.2, 0.25) is 0 Å². The first-order valence-electron chi connectivity index (χ1n) is 10.5. The normalized spacial score (nSPS) is 22.8. The monoisotopic (exact) mass is 372 g/mol. The SMILES string of the molecule is CN=C(NCCC(C)c1ccc(OC)cc1)NC1CCN(C2CCCC2)C1. The fourth-order valence-electron chi connectivity index (χ4n) is 4.40. The van der Waals surface area contributed by atoms with Gasteiger partial charge in [-0.1, -0.05) is 31.9 Å². The quantitative estimate of drug-likeness (QED) is 0.569. The number of hydrogen-bond acceptors (Lipinski definition) is 3. The maximum Gasteiger partial charge on any atom is 0.191 e. The van der Waals surface area contributed by atoms with E-state index in [1.165, 1.54) is 44.2 Å². The van der Waals surface area contributed by atoms with Gasteiger partial charge in [0.05, 0.1) is 7.11 Å². The second-order valence-corrected chi connectivity index (χ2v) is 8.03. The Bertz CT molecular complexity index is 595. The summed E-state index contributed by atoms with van der Waals surface area (Å²) in [5.41, 5.74) is 1.35. The summed E-state index contributed by atoms with van der Waals surface area (Å²) in [5, 5.41) is 7.13. The minimum atomic E-state index is 0.505. The van der Waals surface area contributed by atoms with Crippen molar-refractivity contribution in [3.8, 4) is 5.75 Å². The Balaban J connectivity index is 1.38. The van der Waals surface area contributed by atoms with Crippen molar-refractivity contribution < 1.29 is 4.74 Å².